The molecular weight excluding hydrogens is 278 g/mol. The Morgan fingerprint density at radius 1 is 0.864 bits per heavy atom. The van der Waals surface area contributed by atoms with Crippen LogP contribution in [0.3, 0.4) is 0 Å². The molecule has 22 heavy (non-hydrogen) atoms. The van der Waals surface area contributed by atoms with Gasteiger partial charge < -0.3 is 24.4 Å². The first-order valence-corrected chi connectivity index (χ1v) is 7.99. The molecule has 2 aromatic rings. The normalized spacial score (nSPS) is 11.4. The van der Waals surface area contributed by atoms with E-state index < -0.39 is 0 Å². The summed E-state index contributed by atoms with van der Waals surface area (Å²) in [5.74, 6) is 1.99. The fourth-order valence-corrected chi connectivity index (χ4v) is 2.31. The molecule has 0 atom stereocenters. The quantitative estimate of drug-likeness (QED) is 0.590. The summed E-state index contributed by atoms with van der Waals surface area (Å²) < 4.78 is 10.6. The van der Waals surface area contributed by atoms with E-state index in [0.29, 0.717) is 0 Å². The summed E-state index contributed by atoms with van der Waals surface area (Å²) in [6.07, 6.45) is 5.73. The Kier molecular flexibility index (Phi) is 7.80. The fourth-order valence-electron chi connectivity index (χ4n) is 2.31. The minimum absolute atomic E-state index is 0.813. The monoisotopic (exact) mass is 305 g/mol. The molecule has 0 aliphatic rings. The van der Waals surface area contributed by atoms with Crippen LogP contribution in [-0.2, 0) is 13.1 Å². The van der Waals surface area contributed by atoms with Crippen LogP contribution < -0.4 is 10.6 Å². The van der Waals surface area contributed by atoms with Gasteiger partial charge in [0.15, 0.2) is 0 Å². The molecule has 0 aromatic carbocycles. The maximum absolute atomic E-state index is 5.28. The van der Waals surface area contributed by atoms with E-state index in [1.165, 1.54) is 0 Å². The lowest BCUT2D eigenvalue weighted by molar-refractivity contribution is 0.318. The number of hydrogen-bond donors (Lipinski definition) is 2. The minimum Gasteiger partial charge on any atom is -0.468 e. The summed E-state index contributed by atoms with van der Waals surface area (Å²) in [7, 11) is 2.18. The van der Waals surface area contributed by atoms with Gasteiger partial charge in [0.25, 0.3) is 0 Å². The van der Waals surface area contributed by atoms with E-state index in [9.17, 15) is 0 Å². The Bertz CT molecular complexity index is 424. The molecule has 2 N–H and O–H groups in total. The average molecular weight is 305 g/mol. The molecule has 0 aliphatic carbocycles. The molecule has 0 saturated heterocycles. The second kappa shape index (κ2) is 10.2. The summed E-state index contributed by atoms with van der Waals surface area (Å²) in [4.78, 5) is 2.38. The van der Waals surface area contributed by atoms with E-state index in [1.54, 1.807) is 12.5 Å². The van der Waals surface area contributed by atoms with Gasteiger partial charge >= 0.3 is 0 Å². The van der Waals surface area contributed by atoms with E-state index in [1.807, 2.05) is 24.3 Å². The number of rotatable bonds is 12. The topological polar surface area (TPSA) is 53.6 Å². The van der Waals surface area contributed by atoms with Crippen LogP contribution in [0.15, 0.2) is 45.6 Å². The van der Waals surface area contributed by atoms with Crippen LogP contribution in [0, 0.1) is 0 Å². The zero-order valence-corrected chi connectivity index (χ0v) is 13.4. The third kappa shape index (κ3) is 6.93. The first-order chi connectivity index (χ1) is 10.8. The predicted octanol–water partition coefficient (Wildman–Crippen LogP) is 2.46. The molecule has 0 spiro atoms. The van der Waals surface area contributed by atoms with Crippen LogP contribution in [-0.4, -0.2) is 38.1 Å². The van der Waals surface area contributed by atoms with Crippen molar-refractivity contribution in [2.75, 3.05) is 33.2 Å². The second-order valence-electron chi connectivity index (χ2n) is 5.52. The highest BCUT2D eigenvalue weighted by molar-refractivity contribution is 4.97. The van der Waals surface area contributed by atoms with E-state index in [2.05, 4.69) is 22.6 Å². The van der Waals surface area contributed by atoms with Gasteiger partial charge in [-0.3, -0.25) is 0 Å². The number of furan rings is 2. The molecule has 0 saturated carbocycles. The lowest BCUT2D eigenvalue weighted by atomic mass is 10.3. The molecule has 5 heteroatoms. The Morgan fingerprint density at radius 2 is 1.36 bits per heavy atom. The van der Waals surface area contributed by atoms with Crippen molar-refractivity contribution in [2.45, 2.75) is 25.9 Å². The maximum atomic E-state index is 5.28. The van der Waals surface area contributed by atoms with Crippen molar-refractivity contribution in [2.24, 2.45) is 0 Å². The van der Waals surface area contributed by atoms with Crippen LogP contribution in [0.4, 0.5) is 0 Å². The average Bonchev–Trinajstić information content (AvgIpc) is 3.19. The van der Waals surface area contributed by atoms with Gasteiger partial charge in [-0.15, -0.1) is 0 Å². The van der Waals surface area contributed by atoms with Crippen molar-refractivity contribution in [1.82, 2.24) is 15.5 Å². The van der Waals surface area contributed by atoms with Crippen molar-refractivity contribution < 1.29 is 8.83 Å². The van der Waals surface area contributed by atoms with E-state index in [0.717, 1.165) is 63.6 Å². The molecule has 0 aliphatic heterocycles. The van der Waals surface area contributed by atoms with E-state index in [-0.39, 0.29) is 0 Å². The van der Waals surface area contributed by atoms with E-state index >= 15 is 0 Å². The molecular formula is C17H27N3O2. The SMILES string of the molecule is CN(CCCNCc1ccco1)CCCNCc1ccco1. The standard InChI is InChI=1S/C17H27N3O2/c1-20(10-4-8-18-14-16-6-2-12-21-16)11-5-9-19-15-17-7-3-13-22-17/h2-3,6-7,12-13,18-19H,4-5,8-11,14-15H2,1H3. The van der Waals surface area contributed by atoms with Gasteiger partial charge in [0.1, 0.15) is 11.5 Å². The summed E-state index contributed by atoms with van der Waals surface area (Å²) in [5, 5.41) is 6.78. The van der Waals surface area contributed by atoms with Gasteiger partial charge in [0.2, 0.25) is 0 Å². The first-order valence-electron chi connectivity index (χ1n) is 7.99. The van der Waals surface area contributed by atoms with Crippen molar-refractivity contribution in [1.29, 1.82) is 0 Å². The largest absolute Gasteiger partial charge is 0.468 e. The highest BCUT2D eigenvalue weighted by atomic mass is 16.3. The third-order valence-electron chi connectivity index (χ3n) is 3.55. The van der Waals surface area contributed by atoms with Gasteiger partial charge in [-0.2, -0.15) is 0 Å². The van der Waals surface area contributed by atoms with Crippen LogP contribution in [0.2, 0.25) is 0 Å². The summed E-state index contributed by atoms with van der Waals surface area (Å²) in [6, 6.07) is 7.83. The molecule has 0 radical (unpaired) electrons. The van der Waals surface area contributed by atoms with Crippen LogP contribution in [0.1, 0.15) is 24.4 Å². The van der Waals surface area contributed by atoms with Crippen LogP contribution in [0.25, 0.3) is 0 Å². The predicted molar refractivity (Wildman–Crippen MR) is 87.6 cm³/mol. The molecule has 0 unspecified atom stereocenters. The lowest BCUT2D eigenvalue weighted by Gasteiger charge is -2.16. The maximum Gasteiger partial charge on any atom is 0.117 e. The van der Waals surface area contributed by atoms with Gasteiger partial charge in [-0.1, -0.05) is 0 Å². The Labute approximate surface area is 132 Å². The van der Waals surface area contributed by atoms with Crippen LogP contribution in [0.5, 0.6) is 0 Å². The first kappa shape index (κ1) is 16.8. The lowest BCUT2D eigenvalue weighted by Crippen LogP contribution is -2.27. The van der Waals surface area contributed by atoms with Gasteiger partial charge in [0.05, 0.1) is 25.6 Å². The number of nitrogens with zero attached hydrogens (tertiary/aromatic N) is 1. The zero-order chi connectivity index (χ0) is 15.5. The third-order valence-corrected chi connectivity index (χ3v) is 3.55. The highest BCUT2D eigenvalue weighted by Crippen LogP contribution is 1.99. The number of nitrogens with one attached hydrogen (secondary N) is 2. The highest BCUT2D eigenvalue weighted by Gasteiger charge is 2.00. The van der Waals surface area contributed by atoms with Crippen molar-refractivity contribution in [3.8, 4) is 0 Å². The number of hydrogen-bond acceptors (Lipinski definition) is 5. The summed E-state index contributed by atoms with van der Waals surface area (Å²) >= 11 is 0. The fraction of sp³-hybridized carbons (Fsp3) is 0.529. The van der Waals surface area contributed by atoms with Crippen LogP contribution >= 0.6 is 0 Å². The van der Waals surface area contributed by atoms with Gasteiger partial charge in [-0.05, 0) is 70.3 Å². The minimum atomic E-state index is 0.813. The van der Waals surface area contributed by atoms with Crippen molar-refractivity contribution in [3.63, 3.8) is 0 Å². The molecule has 0 fully saturated rings. The second-order valence-corrected chi connectivity index (χ2v) is 5.52. The summed E-state index contributed by atoms with van der Waals surface area (Å²) in [6.45, 7) is 5.89. The van der Waals surface area contributed by atoms with Gasteiger partial charge in [-0.25, -0.2) is 0 Å². The smallest absolute Gasteiger partial charge is 0.117 e. The molecule has 2 rings (SSSR count). The Morgan fingerprint density at radius 3 is 1.77 bits per heavy atom. The molecule has 0 amide bonds. The molecule has 122 valence electrons. The van der Waals surface area contributed by atoms with E-state index in [4.69, 9.17) is 8.83 Å². The molecule has 5 nitrogen and oxygen atoms in total. The van der Waals surface area contributed by atoms with Gasteiger partial charge in [0, 0.05) is 0 Å². The van der Waals surface area contributed by atoms with Crippen molar-refractivity contribution >= 4 is 0 Å². The van der Waals surface area contributed by atoms with Crippen molar-refractivity contribution in [3.05, 3.63) is 48.3 Å². The Hall–Kier alpha value is -1.56. The molecule has 2 heterocycles. The zero-order valence-electron chi connectivity index (χ0n) is 13.4. The molecule has 0 bridgehead atoms. The molecule has 2 aromatic heterocycles. The summed E-state index contributed by atoms with van der Waals surface area (Å²) in [5.41, 5.74) is 0. The Balaban J connectivity index is 1.38.